The van der Waals surface area contributed by atoms with E-state index in [4.69, 9.17) is 5.11 Å². The predicted molar refractivity (Wildman–Crippen MR) is 77.0 cm³/mol. The molecule has 0 aromatic heterocycles. The molecule has 3 nitrogen and oxygen atoms in total. The normalized spacial score (nSPS) is 11.4. The monoisotopic (exact) mass is 259 g/mol. The van der Waals surface area contributed by atoms with E-state index in [9.17, 15) is 4.79 Å². The Morgan fingerprint density at radius 3 is 2.74 bits per heavy atom. The van der Waals surface area contributed by atoms with Gasteiger partial charge in [0.15, 0.2) is 0 Å². The molecule has 0 aliphatic rings. The molecule has 1 aromatic carbocycles. The van der Waals surface area contributed by atoms with Gasteiger partial charge in [0.05, 0.1) is 5.56 Å². The third kappa shape index (κ3) is 3.84. The largest absolute Gasteiger partial charge is 0.384 e. The zero-order valence-electron chi connectivity index (χ0n) is 12.0. The lowest BCUT2D eigenvalue weighted by molar-refractivity contribution is 0.0740. The second-order valence-corrected chi connectivity index (χ2v) is 4.68. The maximum Gasteiger partial charge on any atom is 0.255 e. The van der Waals surface area contributed by atoms with Crippen molar-refractivity contribution in [2.75, 3.05) is 13.7 Å². The number of aryl methyl sites for hydroxylation is 1. The van der Waals surface area contributed by atoms with Gasteiger partial charge in [-0.2, -0.15) is 0 Å². The third-order valence-electron chi connectivity index (χ3n) is 3.28. The van der Waals surface area contributed by atoms with E-state index < -0.39 is 0 Å². The van der Waals surface area contributed by atoms with Crippen LogP contribution in [0.4, 0.5) is 0 Å². The quantitative estimate of drug-likeness (QED) is 0.845. The summed E-state index contributed by atoms with van der Waals surface area (Å²) in [4.78, 5) is 14.2. The molecule has 1 atom stereocenters. The molecular formula is C16H21NO2. The molecule has 0 radical (unpaired) electrons. The van der Waals surface area contributed by atoms with Crippen LogP contribution >= 0.6 is 0 Å². The number of carbonyl (C=O) groups is 1. The Labute approximate surface area is 115 Å². The van der Waals surface area contributed by atoms with Crippen LogP contribution in [0.2, 0.25) is 0 Å². The maximum absolute atomic E-state index is 12.4. The molecule has 1 aromatic rings. The zero-order chi connectivity index (χ0) is 14.4. The highest BCUT2D eigenvalue weighted by Gasteiger charge is 2.18. The molecule has 3 heteroatoms. The molecule has 102 valence electrons. The minimum Gasteiger partial charge on any atom is -0.384 e. The number of hydrogen-bond donors (Lipinski definition) is 1. The van der Waals surface area contributed by atoms with Crippen LogP contribution in [0.1, 0.15) is 41.8 Å². The van der Waals surface area contributed by atoms with Gasteiger partial charge in [0.1, 0.15) is 6.61 Å². The summed E-state index contributed by atoms with van der Waals surface area (Å²) in [6, 6.07) is 5.77. The van der Waals surface area contributed by atoms with Crippen molar-refractivity contribution in [2.45, 2.75) is 33.2 Å². The van der Waals surface area contributed by atoms with Crippen molar-refractivity contribution in [2.24, 2.45) is 0 Å². The van der Waals surface area contributed by atoms with Gasteiger partial charge in [-0.15, -0.1) is 0 Å². The van der Waals surface area contributed by atoms with Crippen LogP contribution < -0.4 is 0 Å². The van der Waals surface area contributed by atoms with Crippen LogP contribution in [0.15, 0.2) is 18.2 Å². The molecule has 0 aliphatic heterocycles. The van der Waals surface area contributed by atoms with Crippen molar-refractivity contribution in [3.05, 3.63) is 34.9 Å². The maximum atomic E-state index is 12.4. The van der Waals surface area contributed by atoms with Gasteiger partial charge in [-0.3, -0.25) is 4.79 Å². The van der Waals surface area contributed by atoms with E-state index in [0.29, 0.717) is 11.1 Å². The Balaban J connectivity index is 3.15. The predicted octanol–water partition coefficient (Wildman–Crippen LogP) is 2.21. The van der Waals surface area contributed by atoms with Gasteiger partial charge < -0.3 is 10.0 Å². The van der Waals surface area contributed by atoms with Gasteiger partial charge in [-0.05, 0) is 38.0 Å². The highest BCUT2D eigenvalue weighted by atomic mass is 16.2. The van der Waals surface area contributed by atoms with E-state index in [1.54, 1.807) is 18.0 Å². The minimum atomic E-state index is -0.206. The minimum absolute atomic E-state index is 0.0309. The number of hydrogen-bond acceptors (Lipinski definition) is 2. The van der Waals surface area contributed by atoms with E-state index in [1.807, 2.05) is 26.0 Å². The molecule has 1 rings (SSSR count). The van der Waals surface area contributed by atoms with E-state index >= 15 is 0 Å². The molecule has 1 amide bonds. The van der Waals surface area contributed by atoms with E-state index in [0.717, 1.165) is 12.0 Å². The molecule has 0 heterocycles. The fourth-order valence-electron chi connectivity index (χ4n) is 1.75. The molecule has 0 spiro atoms. The lowest BCUT2D eigenvalue weighted by Crippen LogP contribution is -2.35. The Hall–Kier alpha value is -1.79. The number of nitrogens with zero attached hydrogens (tertiary/aromatic N) is 1. The van der Waals surface area contributed by atoms with E-state index in [2.05, 4.69) is 18.8 Å². The molecular weight excluding hydrogens is 238 g/mol. The molecule has 0 saturated heterocycles. The van der Waals surface area contributed by atoms with Gasteiger partial charge >= 0.3 is 0 Å². The van der Waals surface area contributed by atoms with Gasteiger partial charge in [-0.1, -0.05) is 24.8 Å². The molecule has 0 fully saturated rings. The van der Waals surface area contributed by atoms with Gasteiger partial charge in [0, 0.05) is 18.7 Å². The van der Waals surface area contributed by atoms with E-state index in [1.165, 1.54) is 0 Å². The summed E-state index contributed by atoms with van der Waals surface area (Å²) >= 11 is 0. The summed E-state index contributed by atoms with van der Waals surface area (Å²) in [5, 5.41) is 8.79. The lowest BCUT2D eigenvalue weighted by atomic mass is 10.0. The first-order valence-corrected chi connectivity index (χ1v) is 6.48. The van der Waals surface area contributed by atoms with Crippen molar-refractivity contribution in [1.82, 2.24) is 4.90 Å². The summed E-state index contributed by atoms with van der Waals surface area (Å²) in [5.74, 6) is 5.42. The highest BCUT2D eigenvalue weighted by molar-refractivity contribution is 5.96. The average Bonchev–Trinajstić information content (AvgIpc) is 2.42. The summed E-state index contributed by atoms with van der Waals surface area (Å²) < 4.78 is 0. The number of amides is 1. The third-order valence-corrected chi connectivity index (χ3v) is 3.28. The van der Waals surface area contributed by atoms with Crippen LogP contribution in [0.25, 0.3) is 0 Å². The van der Waals surface area contributed by atoms with Gasteiger partial charge in [0.25, 0.3) is 5.91 Å². The highest BCUT2D eigenvalue weighted by Crippen LogP contribution is 2.15. The van der Waals surface area contributed by atoms with Crippen molar-refractivity contribution < 1.29 is 9.90 Å². The molecule has 0 bridgehead atoms. The summed E-state index contributed by atoms with van der Waals surface area (Å²) in [6.07, 6.45) is 0.908. The molecule has 1 unspecified atom stereocenters. The number of aliphatic hydroxyl groups excluding tert-OH is 1. The van der Waals surface area contributed by atoms with Gasteiger partial charge in [0.2, 0.25) is 0 Å². The Morgan fingerprint density at radius 1 is 1.47 bits per heavy atom. The second kappa shape index (κ2) is 6.96. The number of benzene rings is 1. The van der Waals surface area contributed by atoms with Crippen molar-refractivity contribution in [3.8, 4) is 11.8 Å². The average molecular weight is 259 g/mol. The molecule has 0 saturated carbocycles. The topological polar surface area (TPSA) is 40.5 Å². The van der Waals surface area contributed by atoms with E-state index in [-0.39, 0.29) is 18.6 Å². The standard InChI is InChI=1S/C16H21NO2/c1-5-13(3)17(4)16(19)15-9-8-12(2)11-14(15)7-6-10-18/h8-9,11,13,18H,5,10H2,1-4H3. The van der Waals surface area contributed by atoms with Crippen LogP contribution in [0.3, 0.4) is 0 Å². The molecule has 1 N–H and O–H groups in total. The van der Waals surface area contributed by atoms with Crippen molar-refractivity contribution in [1.29, 1.82) is 0 Å². The fourth-order valence-corrected chi connectivity index (χ4v) is 1.75. The second-order valence-electron chi connectivity index (χ2n) is 4.68. The fraction of sp³-hybridized carbons (Fsp3) is 0.438. The van der Waals surface area contributed by atoms with Gasteiger partial charge in [-0.25, -0.2) is 0 Å². The van der Waals surface area contributed by atoms with Crippen molar-refractivity contribution >= 4 is 5.91 Å². The van der Waals surface area contributed by atoms with Crippen LogP contribution in [-0.2, 0) is 0 Å². The van der Waals surface area contributed by atoms with Crippen LogP contribution in [0, 0.1) is 18.8 Å². The Kier molecular flexibility index (Phi) is 5.59. The number of rotatable bonds is 3. The summed E-state index contributed by atoms with van der Waals surface area (Å²) in [5.41, 5.74) is 2.31. The molecule has 19 heavy (non-hydrogen) atoms. The first-order valence-electron chi connectivity index (χ1n) is 6.48. The smallest absolute Gasteiger partial charge is 0.255 e. The first-order chi connectivity index (χ1) is 9.01. The van der Waals surface area contributed by atoms with Crippen LogP contribution in [0.5, 0.6) is 0 Å². The molecule has 0 aliphatic carbocycles. The summed E-state index contributed by atoms with van der Waals surface area (Å²) in [6.45, 7) is 5.82. The Bertz CT molecular complexity index is 511. The number of carbonyl (C=O) groups excluding carboxylic acids is 1. The van der Waals surface area contributed by atoms with Crippen molar-refractivity contribution in [3.63, 3.8) is 0 Å². The SMILES string of the molecule is CCC(C)N(C)C(=O)c1ccc(C)cc1C#CCO. The first kappa shape index (κ1) is 15.3. The lowest BCUT2D eigenvalue weighted by Gasteiger charge is -2.24. The number of aliphatic hydroxyl groups is 1. The zero-order valence-corrected chi connectivity index (χ0v) is 12.0. The van der Waals surface area contributed by atoms with Crippen LogP contribution in [-0.4, -0.2) is 35.6 Å². The Morgan fingerprint density at radius 2 is 2.16 bits per heavy atom. The summed E-state index contributed by atoms with van der Waals surface area (Å²) in [7, 11) is 1.81.